The van der Waals surface area contributed by atoms with Gasteiger partial charge in [-0.2, -0.15) is 0 Å². The van der Waals surface area contributed by atoms with E-state index in [0.29, 0.717) is 19.3 Å². The van der Waals surface area contributed by atoms with Gasteiger partial charge in [0.05, 0.1) is 24.5 Å². The number of hydrogen-bond acceptors (Lipinski definition) is 4. The average Bonchev–Trinajstić information content (AvgIpc) is 2.66. The smallest absolute Gasteiger partial charge is 0.260 e. The van der Waals surface area contributed by atoms with E-state index in [0.717, 1.165) is 41.2 Å². The van der Waals surface area contributed by atoms with Crippen molar-refractivity contribution in [2.75, 3.05) is 30.0 Å². The van der Waals surface area contributed by atoms with Crippen LogP contribution in [0.3, 0.4) is 0 Å². The molecule has 2 N–H and O–H groups in total. The maximum Gasteiger partial charge on any atom is 0.260 e. The van der Waals surface area contributed by atoms with Crippen LogP contribution in [-0.4, -0.2) is 37.7 Å². The molecule has 0 unspecified atom stereocenters. The lowest BCUT2D eigenvalue weighted by atomic mass is 10.0. The summed E-state index contributed by atoms with van der Waals surface area (Å²) in [5.41, 5.74) is 4.87. The lowest BCUT2D eigenvalue weighted by Crippen LogP contribution is -2.34. The number of benzene rings is 1. The molecule has 2 aliphatic heterocycles. The summed E-state index contributed by atoms with van der Waals surface area (Å²) < 4.78 is 5.52. The fourth-order valence-corrected chi connectivity index (χ4v) is 3.37. The Balaban J connectivity index is 2.10. The normalized spacial score (nSPS) is 21.1. The maximum absolute atomic E-state index is 13.1. The molecule has 1 aromatic carbocycles. The van der Waals surface area contributed by atoms with Crippen LogP contribution in [0.25, 0.3) is 5.57 Å². The molecule has 0 atom stereocenters. The number of rotatable bonds is 3. The van der Waals surface area contributed by atoms with E-state index in [4.69, 9.17) is 4.74 Å². The number of hydrogen-bond donors (Lipinski definition) is 2. The fourth-order valence-electron chi connectivity index (χ4n) is 3.37. The van der Waals surface area contributed by atoms with Gasteiger partial charge in [-0.25, -0.2) is 0 Å². The molecule has 2 heterocycles. The molecule has 0 aromatic heterocycles. The fraction of sp³-hybridized carbons (Fsp3) is 0.526. The first kappa shape index (κ1) is 16.8. The van der Waals surface area contributed by atoms with Crippen LogP contribution in [0.15, 0.2) is 23.9 Å². The summed E-state index contributed by atoms with van der Waals surface area (Å²) in [6, 6.07) is 6.69. The number of amides is 1. The number of carbonyl (C=O) groups is 1. The minimum Gasteiger partial charge on any atom is -0.385 e. The Labute approximate surface area is 144 Å². The first-order valence-electron chi connectivity index (χ1n) is 8.78. The highest BCUT2D eigenvalue weighted by Gasteiger charge is 2.36. The third-order valence-corrected chi connectivity index (χ3v) is 4.31. The first-order chi connectivity index (χ1) is 11.5. The molecule has 1 fully saturated rings. The van der Waals surface area contributed by atoms with Gasteiger partial charge in [-0.1, -0.05) is 0 Å². The Bertz CT molecular complexity index is 655. The summed E-state index contributed by atoms with van der Waals surface area (Å²) in [4.78, 5) is 15.0. The van der Waals surface area contributed by atoms with Crippen molar-refractivity contribution in [1.82, 2.24) is 5.32 Å². The molecule has 1 saturated heterocycles. The van der Waals surface area contributed by atoms with Crippen LogP contribution in [0.5, 0.6) is 0 Å². The molecule has 0 radical (unpaired) electrons. The zero-order chi connectivity index (χ0) is 17.3. The van der Waals surface area contributed by atoms with Crippen molar-refractivity contribution < 1.29 is 9.53 Å². The largest absolute Gasteiger partial charge is 0.385 e. The molecule has 130 valence electrons. The van der Waals surface area contributed by atoms with Crippen LogP contribution in [0.4, 0.5) is 11.4 Å². The van der Waals surface area contributed by atoms with E-state index in [1.807, 2.05) is 4.90 Å². The van der Waals surface area contributed by atoms with E-state index >= 15 is 0 Å². The van der Waals surface area contributed by atoms with Crippen molar-refractivity contribution in [3.05, 3.63) is 29.5 Å². The van der Waals surface area contributed by atoms with E-state index in [1.165, 1.54) is 0 Å². The number of nitrogens with zero attached hydrogens (tertiary/aromatic N) is 1. The van der Waals surface area contributed by atoms with E-state index in [-0.39, 0.29) is 11.9 Å². The molecule has 1 aromatic rings. The Hall–Kier alpha value is -2.01. The van der Waals surface area contributed by atoms with Gasteiger partial charge < -0.3 is 20.3 Å². The molecule has 2 aliphatic rings. The highest BCUT2D eigenvalue weighted by atomic mass is 16.5. The van der Waals surface area contributed by atoms with Crippen molar-refractivity contribution in [3.63, 3.8) is 0 Å². The standard InChI is InChI=1S/C19H27N3O2/c1-12(2)21-14-5-6-17-15(11-14)18(19(23)22(17)13(3)4)16-7-9-24-10-8-20-16/h5-6,11-13,20-21H,7-10H2,1-4H3/b18-16-. The molecular formula is C19H27N3O2. The molecule has 0 aliphatic carbocycles. The number of ether oxygens (including phenoxy) is 1. The second-order valence-electron chi connectivity index (χ2n) is 6.94. The van der Waals surface area contributed by atoms with Crippen molar-refractivity contribution in [1.29, 1.82) is 0 Å². The molecule has 24 heavy (non-hydrogen) atoms. The van der Waals surface area contributed by atoms with Crippen molar-refractivity contribution >= 4 is 22.9 Å². The topological polar surface area (TPSA) is 53.6 Å². The predicted molar refractivity (Wildman–Crippen MR) is 98.2 cm³/mol. The number of anilines is 2. The summed E-state index contributed by atoms with van der Waals surface area (Å²) >= 11 is 0. The molecule has 0 saturated carbocycles. The summed E-state index contributed by atoms with van der Waals surface area (Å²) in [7, 11) is 0. The zero-order valence-corrected chi connectivity index (χ0v) is 15.0. The summed E-state index contributed by atoms with van der Waals surface area (Å²) in [6.07, 6.45) is 0.744. The number of carbonyl (C=O) groups excluding carboxylic acids is 1. The Kier molecular flexibility index (Phi) is 4.81. The van der Waals surface area contributed by atoms with E-state index in [1.54, 1.807) is 0 Å². The first-order valence-corrected chi connectivity index (χ1v) is 8.78. The second-order valence-corrected chi connectivity index (χ2v) is 6.94. The molecule has 3 rings (SSSR count). The third kappa shape index (κ3) is 3.13. The van der Waals surface area contributed by atoms with Crippen LogP contribution in [0, 0.1) is 0 Å². The van der Waals surface area contributed by atoms with Gasteiger partial charge in [0.1, 0.15) is 0 Å². The van der Waals surface area contributed by atoms with Crippen LogP contribution in [-0.2, 0) is 9.53 Å². The van der Waals surface area contributed by atoms with Gasteiger partial charge in [0.15, 0.2) is 0 Å². The Morgan fingerprint density at radius 1 is 1.21 bits per heavy atom. The van der Waals surface area contributed by atoms with Crippen molar-refractivity contribution in [3.8, 4) is 0 Å². The molecule has 1 amide bonds. The second kappa shape index (κ2) is 6.85. The van der Waals surface area contributed by atoms with Gasteiger partial charge >= 0.3 is 0 Å². The predicted octanol–water partition coefficient (Wildman–Crippen LogP) is 2.98. The van der Waals surface area contributed by atoms with Crippen molar-refractivity contribution in [2.24, 2.45) is 0 Å². The van der Waals surface area contributed by atoms with E-state index < -0.39 is 0 Å². The highest BCUT2D eigenvalue weighted by Crippen LogP contribution is 2.41. The summed E-state index contributed by atoms with van der Waals surface area (Å²) in [5, 5.41) is 6.83. The van der Waals surface area contributed by atoms with Gasteiger partial charge in [-0.3, -0.25) is 4.79 Å². The third-order valence-electron chi connectivity index (χ3n) is 4.31. The van der Waals surface area contributed by atoms with Crippen LogP contribution in [0.1, 0.15) is 39.7 Å². The van der Waals surface area contributed by atoms with Gasteiger partial charge in [-0.05, 0) is 45.9 Å². The monoisotopic (exact) mass is 329 g/mol. The summed E-state index contributed by atoms with van der Waals surface area (Å²) in [6.45, 7) is 10.4. The Morgan fingerprint density at radius 2 is 2.00 bits per heavy atom. The van der Waals surface area contributed by atoms with Crippen LogP contribution in [0.2, 0.25) is 0 Å². The number of fused-ring (bicyclic) bond motifs is 1. The SMILES string of the molecule is CC(C)Nc1ccc2c(c1)/C(=C1\CCOCCN1)C(=O)N2C(C)C. The summed E-state index contributed by atoms with van der Waals surface area (Å²) in [5.74, 6) is 0.0890. The van der Waals surface area contributed by atoms with Gasteiger partial charge in [0.2, 0.25) is 0 Å². The van der Waals surface area contributed by atoms with Crippen LogP contribution < -0.4 is 15.5 Å². The number of nitrogens with one attached hydrogen (secondary N) is 2. The van der Waals surface area contributed by atoms with Crippen molar-refractivity contribution in [2.45, 2.75) is 46.2 Å². The minimum atomic E-state index is 0.0890. The van der Waals surface area contributed by atoms with E-state index in [9.17, 15) is 4.79 Å². The quantitative estimate of drug-likeness (QED) is 0.837. The Morgan fingerprint density at radius 3 is 2.71 bits per heavy atom. The van der Waals surface area contributed by atoms with E-state index in [2.05, 4.69) is 56.5 Å². The van der Waals surface area contributed by atoms with Gasteiger partial charge in [0.25, 0.3) is 5.91 Å². The molecular weight excluding hydrogens is 302 g/mol. The minimum absolute atomic E-state index is 0.0890. The zero-order valence-electron chi connectivity index (χ0n) is 15.0. The van der Waals surface area contributed by atoms with Gasteiger partial charge in [0, 0.05) is 42.0 Å². The molecule has 0 spiro atoms. The van der Waals surface area contributed by atoms with Gasteiger partial charge in [-0.15, -0.1) is 0 Å². The molecule has 5 nitrogen and oxygen atoms in total. The lowest BCUT2D eigenvalue weighted by Gasteiger charge is -2.22. The van der Waals surface area contributed by atoms with Crippen LogP contribution >= 0.6 is 0 Å². The average molecular weight is 329 g/mol. The molecule has 5 heteroatoms. The lowest BCUT2D eigenvalue weighted by molar-refractivity contribution is -0.113. The molecule has 0 bridgehead atoms. The highest BCUT2D eigenvalue weighted by molar-refractivity contribution is 6.33. The maximum atomic E-state index is 13.1.